The zero-order valence-corrected chi connectivity index (χ0v) is 11.1. The lowest BCUT2D eigenvalue weighted by molar-refractivity contribution is -0.125. The molecule has 0 spiro atoms. The Morgan fingerprint density at radius 2 is 2.00 bits per heavy atom. The number of aromatic nitrogens is 2. The highest BCUT2D eigenvalue weighted by Crippen LogP contribution is 2.28. The van der Waals surface area contributed by atoms with E-state index in [4.69, 9.17) is 5.73 Å². The molecule has 0 unspecified atom stereocenters. The second-order valence-corrected chi connectivity index (χ2v) is 4.45. The number of aromatic amines is 1. The van der Waals surface area contributed by atoms with Gasteiger partial charge in [-0.15, -0.1) is 0 Å². The van der Waals surface area contributed by atoms with E-state index in [1.807, 2.05) is 27.7 Å². The van der Waals surface area contributed by atoms with Gasteiger partial charge in [0.25, 0.3) is 0 Å². The first kappa shape index (κ1) is 13.7. The molecule has 1 aromatic rings. The fourth-order valence-corrected chi connectivity index (χ4v) is 1.93. The van der Waals surface area contributed by atoms with Gasteiger partial charge in [-0.05, 0) is 26.7 Å². The second-order valence-electron chi connectivity index (χ2n) is 4.45. The number of carbonyl (C=O) groups excluding carboxylic acids is 1. The van der Waals surface area contributed by atoms with Crippen LogP contribution in [0.2, 0.25) is 0 Å². The largest absolute Gasteiger partial charge is 0.329 e. The van der Waals surface area contributed by atoms with Crippen molar-refractivity contribution in [2.24, 2.45) is 11.1 Å². The standard InChI is InChI=1S/C12H22N4O/c1-5-12(6-2,7-13)11(17)14-10-8(3)15-16-9(10)4/h5-7,13H2,1-4H3,(H,14,17)(H,15,16). The summed E-state index contributed by atoms with van der Waals surface area (Å²) in [5.74, 6) is -0.0161. The highest BCUT2D eigenvalue weighted by molar-refractivity contribution is 5.96. The molecule has 0 fully saturated rings. The molecule has 5 nitrogen and oxygen atoms in total. The Morgan fingerprint density at radius 1 is 1.41 bits per heavy atom. The lowest BCUT2D eigenvalue weighted by atomic mass is 9.81. The van der Waals surface area contributed by atoms with E-state index in [-0.39, 0.29) is 5.91 Å². The number of amides is 1. The van der Waals surface area contributed by atoms with Crippen LogP contribution in [0.4, 0.5) is 5.69 Å². The zero-order valence-electron chi connectivity index (χ0n) is 11.1. The Balaban J connectivity index is 2.92. The minimum atomic E-state index is -0.476. The van der Waals surface area contributed by atoms with Crippen LogP contribution in [0.15, 0.2) is 0 Å². The van der Waals surface area contributed by atoms with E-state index in [1.165, 1.54) is 0 Å². The average molecular weight is 238 g/mol. The van der Waals surface area contributed by atoms with Gasteiger partial charge in [0.1, 0.15) is 0 Å². The molecule has 0 aromatic carbocycles. The van der Waals surface area contributed by atoms with Crippen LogP contribution >= 0.6 is 0 Å². The Labute approximate surface area is 102 Å². The molecule has 0 aliphatic carbocycles. The van der Waals surface area contributed by atoms with Gasteiger partial charge in [-0.3, -0.25) is 9.89 Å². The molecule has 1 amide bonds. The number of carbonyl (C=O) groups is 1. The van der Waals surface area contributed by atoms with E-state index >= 15 is 0 Å². The van der Waals surface area contributed by atoms with Crippen molar-refractivity contribution in [1.82, 2.24) is 10.2 Å². The SMILES string of the molecule is CCC(CC)(CN)C(=O)Nc1c(C)n[nH]c1C. The average Bonchev–Trinajstić information content (AvgIpc) is 2.64. The molecule has 4 N–H and O–H groups in total. The summed E-state index contributed by atoms with van der Waals surface area (Å²) in [4.78, 5) is 12.3. The molecular formula is C12H22N4O. The molecule has 0 bridgehead atoms. The third-order valence-corrected chi connectivity index (χ3v) is 3.59. The van der Waals surface area contributed by atoms with Crippen molar-refractivity contribution in [3.63, 3.8) is 0 Å². The maximum Gasteiger partial charge on any atom is 0.231 e. The van der Waals surface area contributed by atoms with Crippen LogP contribution in [0, 0.1) is 19.3 Å². The molecule has 5 heteroatoms. The summed E-state index contributed by atoms with van der Waals surface area (Å²) >= 11 is 0. The number of anilines is 1. The van der Waals surface area contributed by atoms with E-state index in [0.717, 1.165) is 29.9 Å². The number of hydrogen-bond donors (Lipinski definition) is 3. The molecule has 0 radical (unpaired) electrons. The first-order chi connectivity index (χ1) is 8.00. The van der Waals surface area contributed by atoms with Crippen molar-refractivity contribution in [3.8, 4) is 0 Å². The molecule has 17 heavy (non-hydrogen) atoms. The van der Waals surface area contributed by atoms with Gasteiger partial charge in [0, 0.05) is 6.54 Å². The first-order valence-electron chi connectivity index (χ1n) is 6.03. The Hall–Kier alpha value is -1.36. The number of aryl methyl sites for hydroxylation is 2. The lowest BCUT2D eigenvalue weighted by Gasteiger charge is -2.28. The summed E-state index contributed by atoms with van der Waals surface area (Å²) in [6.45, 7) is 8.09. The van der Waals surface area contributed by atoms with E-state index in [9.17, 15) is 4.79 Å². The van der Waals surface area contributed by atoms with Gasteiger partial charge in [-0.25, -0.2) is 0 Å². The van der Waals surface area contributed by atoms with Crippen LogP contribution in [0.25, 0.3) is 0 Å². The molecule has 0 saturated carbocycles. The molecule has 0 atom stereocenters. The zero-order chi connectivity index (χ0) is 13.1. The number of rotatable bonds is 5. The van der Waals surface area contributed by atoms with Gasteiger partial charge in [0.15, 0.2) is 0 Å². The van der Waals surface area contributed by atoms with Crippen molar-refractivity contribution in [1.29, 1.82) is 0 Å². The van der Waals surface area contributed by atoms with Gasteiger partial charge >= 0.3 is 0 Å². The smallest absolute Gasteiger partial charge is 0.231 e. The predicted octanol–water partition coefficient (Wildman–Crippen LogP) is 1.73. The van der Waals surface area contributed by atoms with Crippen LogP contribution in [-0.2, 0) is 4.79 Å². The molecule has 1 rings (SSSR count). The molecule has 0 aliphatic heterocycles. The van der Waals surface area contributed by atoms with Gasteiger partial charge in [0.05, 0.1) is 22.5 Å². The van der Waals surface area contributed by atoms with Crippen LogP contribution < -0.4 is 11.1 Å². The van der Waals surface area contributed by atoms with E-state index in [1.54, 1.807) is 0 Å². The van der Waals surface area contributed by atoms with Crippen LogP contribution in [0.1, 0.15) is 38.1 Å². The molecule has 0 aliphatic rings. The Kier molecular flexibility index (Phi) is 4.28. The fourth-order valence-electron chi connectivity index (χ4n) is 1.93. The van der Waals surface area contributed by atoms with E-state index in [2.05, 4.69) is 15.5 Å². The summed E-state index contributed by atoms with van der Waals surface area (Å²) < 4.78 is 0. The summed E-state index contributed by atoms with van der Waals surface area (Å²) in [5.41, 5.74) is 7.72. The van der Waals surface area contributed by atoms with Gasteiger partial charge < -0.3 is 11.1 Å². The molecular weight excluding hydrogens is 216 g/mol. The molecule has 1 heterocycles. The Bertz CT molecular complexity index is 365. The van der Waals surface area contributed by atoms with Crippen molar-refractivity contribution < 1.29 is 4.79 Å². The lowest BCUT2D eigenvalue weighted by Crippen LogP contribution is -2.41. The summed E-state index contributed by atoms with van der Waals surface area (Å²) in [7, 11) is 0. The van der Waals surface area contributed by atoms with E-state index < -0.39 is 5.41 Å². The van der Waals surface area contributed by atoms with Crippen molar-refractivity contribution >= 4 is 11.6 Å². The monoisotopic (exact) mass is 238 g/mol. The normalized spacial score (nSPS) is 11.6. The van der Waals surface area contributed by atoms with Crippen molar-refractivity contribution in [3.05, 3.63) is 11.4 Å². The van der Waals surface area contributed by atoms with Crippen LogP contribution in [0.5, 0.6) is 0 Å². The molecule has 0 saturated heterocycles. The van der Waals surface area contributed by atoms with Crippen LogP contribution in [0.3, 0.4) is 0 Å². The molecule has 1 aromatic heterocycles. The topological polar surface area (TPSA) is 83.8 Å². The third-order valence-electron chi connectivity index (χ3n) is 3.59. The highest BCUT2D eigenvalue weighted by Gasteiger charge is 2.33. The summed E-state index contributed by atoms with van der Waals surface area (Å²) in [6.07, 6.45) is 1.48. The predicted molar refractivity (Wildman–Crippen MR) is 68.8 cm³/mol. The number of nitrogens with two attached hydrogens (primary N) is 1. The molecule has 96 valence electrons. The van der Waals surface area contributed by atoms with Gasteiger partial charge in [-0.1, -0.05) is 13.8 Å². The maximum absolute atomic E-state index is 12.3. The number of nitrogens with one attached hydrogen (secondary N) is 2. The van der Waals surface area contributed by atoms with Gasteiger partial charge in [0.2, 0.25) is 5.91 Å². The summed E-state index contributed by atoms with van der Waals surface area (Å²) in [5, 5.41) is 9.85. The number of H-pyrrole nitrogens is 1. The fraction of sp³-hybridized carbons (Fsp3) is 0.667. The quantitative estimate of drug-likeness (QED) is 0.730. The maximum atomic E-state index is 12.3. The summed E-state index contributed by atoms with van der Waals surface area (Å²) in [6, 6.07) is 0. The van der Waals surface area contributed by atoms with Crippen molar-refractivity contribution in [2.75, 3.05) is 11.9 Å². The Morgan fingerprint density at radius 3 is 2.35 bits per heavy atom. The minimum absolute atomic E-state index is 0.0161. The number of nitrogens with zero attached hydrogens (tertiary/aromatic N) is 1. The van der Waals surface area contributed by atoms with Gasteiger partial charge in [-0.2, -0.15) is 5.10 Å². The first-order valence-corrected chi connectivity index (χ1v) is 6.03. The second kappa shape index (κ2) is 5.31. The van der Waals surface area contributed by atoms with Crippen molar-refractivity contribution in [2.45, 2.75) is 40.5 Å². The third kappa shape index (κ3) is 2.49. The van der Waals surface area contributed by atoms with E-state index in [0.29, 0.717) is 6.54 Å². The van der Waals surface area contributed by atoms with Crippen LogP contribution in [-0.4, -0.2) is 22.6 Å². The highest BCUT2D eigenvalue weighted by atomic mass is 16.2. The minimum Gasteiger partial charge on any atom is -0.329 e. The number of hydrogen-bond acceptors (Lipinski definition) is 3.